The zero-order valence-corrected chi connectivity index (χ0v) is 9.36. The van der Waals surface area contributed by atoms with Crippen molar-refractivity contribution in [2.75, 3.05) is 10.6 Å². The highest BCUT2D eigenvalue weighted by atomic mass is 15.1. The lowest BCUT2D eigenvalue weighted by Gasteiger charge is -2.06. The molecule has 6 heteroatoms. The third kappa shape index (κ3) is 2.95. The molecule has 2 heterocycles. The number of hydrogen-bond donors (Lipinski definition) is 3. The van der Waals surface area contributed by atoms with Crippen LogP contribution in [0.5, 0.6) is 0 Å². The molecule has 0 atom stereocenters. The van der Waals surface area contributed by atoms with E-state index in [1.165, 1.54) is 0 Å². The van der Waals surface area contributed by atoms with Crippen LogP contribution in [0.2, 0.25) is 0 Å². The number of rotatable bonds is 4. The molecule has 6 nitrogen and oxygen atoms in total. The van der Waals surface area contributed by atoms with Crippen molar-refractivity contribution in [3.05, 3.63) is 35.9 Å². The van der Waals surface area contributed by atoms with Crippen molar-refractivity contribution in [3.63, 3.8) is 0 Å². The van der Waals surface area contributed by atoms with Crippen LogP contribution in [0, 0.1) is 18.4 Å². The summed E-state index contributed by atoms with van der Waals surface area (Å²) >= 11 is 0. The smallest absolute Gasteiger partial charge is 0.182 e. The van der Waals surface area contributed by atoms with Crippen LogP contribution in [0.15, 0.2) is 24.5 Å². The van der Waals surface area contributed by atoms with Crippen LogP contribution in [-0.2, 0) is 6.54 Å². The second-order valence-corrected chi connectivity index (χ2v) is 3.50. The number of nitrogens with zero attached hydrogens (tertiary/aromatic N) is 3. The van der Waals surface area contributed by atoms with Gasteiger partial charge in [0.1, 0.15) is 17.5 Å². The minimum absolute atomic E-state index is 0.497. The Morgan fingerprint density at radius 2 is 2.24 bits per heavy atom. The minimum atomic E-state index is 0.497. The van der Waals surface area contributed by atoms with Crippen LogP contribution >= 0.6 is 0 Å². The summed E-state index contributed by atoms with van der Waals surface area (Å²) in [5.74, 6) is 1.80. The number of aromatic nitrogens is 3. The average molecular weight is 228 g/mol. The third-order valence-electron chi connectivity index (χ3n) is 2.16. The first-order valence-electron chi connectivity index (χ1n) is 5.14. The molecule has 0 aliphatic rings. The molecule has 0 fully saturated rings. The third-order valence-corrected chi connectivity index (χ3v) is 2.16. The van der Waals surface area contributed by atoms with Crippen LogP contribution < -0.4 is 10.6 Å². The quantitative estimate of drug-likeness (QED) is 0.546. The van der Waals surface area contributed by atoms with E-state index in [2.05, 4.69) is 25.6 Å². The molecule has 0 spiro atoms. The number of nitriles is 1. The molecule has 2 aromatic rings. The largest absolute Gasteiger partial charge is 0.367 e. The molecule has 0 saturated carbocycles. The molecular formula is C11H12N6. The second-order valence-electron chi connectivity index (χ2n) is 3.50. The van der Waals surface area contributed by atoms with E-state index < -0.39 is 0 Å². The molecule has 0 saturated heterocycles. The number of hydrogen-bond acceptors (Lipinski definition) is 5. The highest BCUT2D eigenvalue weighted by Gasteiger charge is 2.01. The summed E-state index contributed by atoms with van der Waals surface area (Å²) in [6, 6.07) is 3.68. The Labute approximate surface area is 98.7 Å². The van der Waals surface area contributed by atoms with Crippen molar-refractivity contribution < 1.29 is 0 Å². The molecule has 86 valence electrons. The van der Waals surface area contributed by atoms with Gasteiger partial charge < -0.3 is 10.3 Å². The molecule has 0 amide bonds. The van der Waals surface area contributed by atoms with Crippen molar-refractivity contribution in [2.45, 2.75) is 13.5 Å². The van der Waals surface area contributed by atoms with Gasteiger partial charge in [0.05, 0.1) is 0 Å². The fraction of sp³-hybridized carbons (Fsp3) is 0.182. The van der Waals surface area contributed by atoms with E-state index in [9.17, 15) is 0 Å². The fourth-order valence-corrected chi connectivity index (χ4v) is 1.44. The monoisotopic (exact) mass is 228 g/mol. The summed E-state index contributed by atoms with van der Waals surface area (Å²) in [6.45, 7) is 2.45. The van der Waals surface area contributed by atoms with Gasteiger partial charge in [-0.3, -0.25) is 5.32 Å². The molecule has 0 radical (unpaired) electrons. The van der Waals surface area contributed by atoms with Crippen molar-refractivity contribution in [1.82, 2.24) is 15.0 Å². The lowest BCUT2D eigenvalue weighted by Crippen LogP contribution is -2.04. The van der Waals surface area contributed by atoms with E-state index >= 15 is 0 Å². The summed E-state index contributed by atoms with van der Waals surface area (Å²) in [5, 5.41) is 14.2. The van der Waals surface area contributed by atoms with Gasteiger partial charge in [0.2, 0.25) is 0 Å². The van der Waals surface area contributed by atoms with Gasteiger partial charge in [-0.2, -0.15) is 5.26 Å². The van der Waals surface area contributed by atoms with Crippen LogP contribution in [0.4, 0.5) is 11.6 Å². The predicted octanol–water partition coefficient (Wildman–Crippen LogP) is 1.62. The fourth-order valence-electron chi connectivity index (χ4n) is 1.44. The molecule has 2 rings (SSSR count). The molecule has 17 heavy (non-hydrogen) atoms. The normalized spacial score (nSPS) is 9.65. The van der Waals surface area contributed by atoms with Crippen LogP contribution in [0.1, 0.15) is 11.4 Å². The van der Waals surface area contributed by atoms with E-state index in [4.69, 9.17) is 5.26 Å². The van der Waals surface area contributed by atoms with Gasteiger partial charge in [0, 0.05) is 25.0 Å². The Kier molecular flexibility index (Phi) is 3.21. The topological polar surface area (TPSA) is 89.4 Å². The number of nitrogens with one attached hydrogen (secondary N) is 3. The van der Waals surface area contributed by atoms with E-state index in [0.717, 1.165) is 5.56 Å². The Morgan fingerprint density at radius 3 is 2.94 bits per heavy atom. The number of aryl methyl sites for hydroxylation is 1. The van der Waals surface area contributed by atoms with Gasteiger partial charge in [0.25, 0.3) is 0 Å². The van der Waals surface area contributed by atoms with E-state index in [1.807, 2.05) is 24.7 Å². The minimum Gasteiger partial charge on any atom is -0.367 e. The first-order chi connectivity index (χ1) is 8.28. The molecular weight excluding hydrogens is 216 g/mol. The highest BCUT2D eigenvalue weighted by Crippen LogP contribution is 2.11. The summed E-state index contributed by atoms with van der Waals surface area (Å²) in [4.78, 5) is 11.3. The molecule has 0 unspecified atom stereocenters. The molecule has 0 aliphatic heterocycles. The Morgan fingerprint density at radius 1 is 1.41 bits per heavy atom. The van der Waals surface area contributed by atoms with Crippen molar-refractivity contribution in [3.8, 4) is 6.19 Å². The van der Waals surface area contributed by atoms with Gasteiger partial charge in [-0.05, 0) is 18.6 Å². The molecule has 0 aliphatic carbocycles. The van der Waals surface area contributed by atoms with Crippen LogP contribution in [-0.4, -0.2) is 15.0 Å². The van der Waals surface area contributed by atoms with Crippen LogP contribution in [0.3, 0.4) is 0 Å². The lowest BCUT2D eigenvalue weighted by molar-refractivity contribution is 1.03. The molecule has 2 aromatic heterocycles. The zero-order chi connectivity index (χ0) is 12.1. The van der Waals surface area contributed by atoms with Crippen molar-refractivity contribution in [1.29, 1.82) is 5.26 Å². The van der Waals surface area contributed by atoms with E-state index in [-0.39, 0.29) is 0 Å². The predicted molar refractivity (Wildman–Crippen MR) is 64.1 cm³/mol. The van der Waals surface area contributed by atoms with Crippen molar-refractivity contribution in [2.24, 2.45) is 0 Å². The Balaban J connectivity index is 2.07. The summed E-state index contributed by atoms with van der Waals surface area (Å²) < 4.78 is 0. The standard InChI is InChI=1S/C11H12N6/c1-8-16-10(4-11(17-8)15-7-12)14-6-9-2-3-13-5-9/h2-5,13H,6H2,1H3,(H2,14,15,16,17). The summed E-state index contributed by atoms with van der Waals surface area (Å²) in [7, 11) is 0. The van der Waals surface area contributed by atoms with E-state index in [1.54, 1.807) is 13.0 Å². The van der Waals surface area contributed by atoms with Crippen LogP contribution in [0.25, 0.3) is 0 Å². The highest BCUT2D eigenvalue weighted by molar-refractivity contribution is 5.49. The SMILES string of the molecule is Cc1nc(NC#N)cc(NCc2cc[nH]c2)n1. The molecule has 0 aromatic carbocycles. The summed E-state index contributed by atoms with van der Waals surface area (Å²) in [6.07, 6.45) is 5.61. The van der Waals surface area contributed by atoms with Gasteiger partial charge in [-0.1, -0.05) is 0 Å². The number of H-pyrrole nitrogens is 1. The lowest BCUT2D eigenvalue weighted by atomic mass is 10.3. The molecule has 3 N–H and O–H groups in total. The molecule has 0 bridgehead atoms. The number of anilines is 2. The second kappa shape index (κ2) is 4.99. The van der Waals surface area contributed by atoms with Gasteiger partial charge in [-0.15, -0.1) is 0 Å². The number of aromatic amines is 1. The van der Waals surface area contributed by atoms with Crippen molar-refractivity contribution >= 4 is 11.6 Å². The maximum absolute atomic E-state index is 8.54. The van der Waals surface area contributed by atoms with Gasteiger partial charge >= 0.3 is 0 Å². The maximum atomic E-state index is 8.54. The average Bonchev–Trinajstić information content (AvgIpc) is 2.79. The maximum Gasteiger partial charge on any atom is 0.182 e. The summed E-state index contributed by atoms with van der Waals surface area (Å²) in [5.41, 5.74) is 1.14. The first-order valence-corrected chi connectivity index (χ1v) is 5.14. The van der Waals surface area contributed by atoms with E-state index in [0.29, 0.717) is 24.0 Å². The Hall–Kier alpha value is -2.55. The Bertz CT molecular complexity index is 525. The van der Waals surface area contributed by atoms with Gasteiger partial charge in [0.15, 0.2) is 6.19 Å². The zero-order valence-electron chi connectivity index (χ0n) is 9.36. The first kappa shape index (κ1) is 11.0. The van der Waals surface area contributed by atoms with Gasteiger partial charge in [-0.25, -0.2) is 9.97 Å².